The number of aryl methyl sites for hydroxylation is 1. The molecule has 16 heavy (non-hydrogen) atoms. The normalized spacial score (nSPS) is 9.06. The first-order valence-corrected chi connectivity index (χ1v) is 5.13. The Bertz CT molecular complexity index is 364. The van der Waals surface area contributed by atoms with Gasteiger partial charge in [0.2, 0.25) is 0 Å². The van der Waals surface area contributed by atoms with Crippen LogP contribution in [0.3, 0.4) is 0 Å². The maximum absolute atomic E-state index is 12.4. The highest BCUT2D eigenvalue weighted by atomic mass is 19.1. The van der Waals surface area contributed by atoms with Crippen molar-refractivity contribution in [3.8, 4) is 0 Å². The van der Waals surface area contributed by atoms with Gasteiger partial charge in [-0.25, -0.2) is 9.18 Å². The van der Waals surface area contributed by atoms with Crippen molar-refractivity contribution in [1.29, 1.82) is 0 Å². The number of esters is 1. The summed E-state index contributed by atoms with van der Waals surface area (Å²) in [5.74, 6) is -0.504. The topological polar surface area (TPSA) is 52.3 Å². The zero-order valence-electron chi connectivity index (χ0n) is 10.1. The Morgan fingerprint density at radius 2 is 2.00 bits per heavy atom. The van der Waals surface area contributed by atoms with Gasteiger partial charge in [-0.1, -0.05) is 13.8 Å². The molecule has 1 rings (SSSR count). The summed E-state index contributed by atoms with van der Waals surface area (Å²) >= 11 is 0. The molecule has 0 spiro atoms. The highest BCUT2D eigenvalue weighted by Gasteiger charge is 2.12. The van der Waals surface area contributed by atoms with Gasteiger partial charge >= 0.3 is 5.97 Å². The SMILES string of the molecule is CC.COC(=O)c1cc(C)c(CF)cc1N. The summed E-state index contributed by atoms with van der Waals surface area (Å²) in [5, 5.41) is 0. The number of nitrogen functional groups attached to an aromatic ring is 1. The molecule has 0 amide bonds. The van der Waals surface area contributed by atoms with Gasteiger partial charge in [-0.05, 0) is 30.2 Å². The number of anilines is 1. The van der Waals surface area contributed by atoms with Gasteiger partial charge in [0, 0.05) is 5.69 Å². The first-order chi connectivity index (χ1) is 7.60. The maximum atomic E-state index is 12.4. The van der Waals surface area contributed by atoms with Crippen LogP contribution >= 0.6 is 0 Å². The molecule has 0 saturated heterocycles. The lowest BCUT2D eigenvalue weighted by Gasteiger charge is -2.07. The van der Waals surface area contributed by atoms with E-state index in [4.69, 9.17) is 5.73 Å². The predicted octanol–water partition coefficient (Wildman–Crippen LogP) is 2.86. The molecule has 0 aliphatic heterocycles. The standard InChI is InChI=1S/C10H12FNO2.C2H6/c1-6-3-8(10(13)14-2)9(12)4-7(6)5-11;1-2/h3-4H,5,12H2,1-2H3;1-2H3. The fourth-order valence-corrected chi connectivity index (χ4v) is 1.20. The molecule has 1 aromatic rings. The summed E-state index contributed by atoms with van der Waals surface area (Å²) in [7, 11) is 1.28. The molecule has 0 heterocycles. The number of halogens is 1. The third kappa shape index (κ3) is 3.22. The molecule has 3 nitrogen and oxygen atoms in total. The number of alkyl halides is 1. The van der Waals surface area contributed by atoms with Crippen molar-refractivity contribution >= 4 is 11.7 Å². The van der Waals surface area contributed by atoms with E-state index in [-0.39, 0.29) is 11.3 Å². The van der Waals surface area contributed by atoms with E-state index in [0.29, 0.717) is 11.1 Å². The van der Waals surface area contributed by atoms with Crippen LogP contribution in [-0.4, -0.2) is 13.1 Å². The van der Waals surface area contributed by atoms with Gasteiger partial charge < -0.3 is 10.5 Å². The third-order valence-electron chi connectivity index (χ3n) is 2.06. The average Bonchev–Trinajstić information content (AvgIpc) is 2.33. The number of carbonyl (C=O) groups excluding carboxylic acids is 1. The van der Waals surface area contributed by atoms with Gasteiger partial charge in [0.25, 0.3) is 0 Å². The van der Waals surface area contributed by atoms with E-state index in [9.17, 15) is 9.18 Å². The number of methoxy groups -OCH3 is 1. The number of hydrogen-bond acceptors (Lipinski definition) is 3. The number of ether oxygens (including phenoxy) is 1. The molecule has 0 radical (unpaired) electrons. The second-order valence-corrected chi connectivity index (χ2v) is 2.99. The lowest BCUT2D eigenvalue weighted by molar-refractivity contribution is 0.0602. The molecule has 0 aliphatic carbocycles. The molecule has 1 aromatic carbocycles. The molecule has 0 atom stereocenters. The molecule has 0 bridgehead atoms. The van der Waals surface area contributed by atoms with E-state index >= 15 is 0 Å². The highest BCUT2D eigenvalue weighted by Crippen LogP contribution is 2.20. The van der Waals surface area contributed by atoms with Crippen LogP contribution in [0.2, 0.25) is 0 Å². The molecule has 0 fully saturated rings. The number of rotatable bonds is 2. The van der Waals surface area contributed by atoms with Crippen molar-refractivity contribution in [2.75, 3.05) is 12.8 Å². The molecule has 4 heteroatoms. The minimum atomic E-state index is -0.586. The van der Waals surface area contributed by atoms with Crippen molar-refractivity contribution in [2.24, 2.45) is 0 Å². The van der Waals surface area contributed by atoms with Crippen molar-refractivity contribution in [2.45, 2.75) is 27.4 Å². The zero-order valence-corrected chi connectivity index (χ0v) is 10.1. The molecule has 90 valence electrons. The van der Waals surface area contributed by atoms with E-state index in [1.165, 1.54) is 19.2 Å². The lowest BCUT2D eigenvalue weighted by atomic mass is 10.0. The van der Waals surface area contributed by atoms with Gasteiger partial charge in [-0.15, -0.1) is 0 Å². The predicted molar refractivity (Wildman–Crippen MR) is 63.1 cm³/mol. The van der Waals surface area contributed by atoms with Gasteiger partial charge in [-0.3, -0.25) is 0 Å². The van der Waals surface area contributed by atoms with Crippen molar-refractivity contribution in [3.63, 3.8) is 0 Å². The molecular formula is C12H18FNO2. The van der Waals surface area contributed by atoms with Crippen molar-refractivity contribution < 1.29 is 13.9 Å². The van der Waals surface area contributed by atoms with Gasteiger partial charge in [0.1, 0.15) is 6.67 Å². The van der Waals surface area contributed by atoms with Gasteiger partial charge in [0.05, 0.1) is 12.7 Å². The fraction of sp³-hybridized carbons (Fsp3) is 0.417. The second-order valence-electron chi connectivity index (χ2n) is 2.99. The van der Waals surface area contributed by atoms with Crippen LogP contribution in [0.25, 0.3) is 0 Å². The molecule has 0 aromatic heterocycles. The monoisotopic (exact) mass is 227 g/mol. The first-order valence-electron chi connectivity index (χ1n) is 5.13. The average molecular weight is 227 g/mol. The van der Waals surface area contributed by atoms with Crippen LogP contribution in [0, 0.1) is 6.92 Å². The minimum Gasteiger partial charge on any atom is -0.465 e. The summed E-state index contributed by atoms with van der Waals surface area (Å²) in [6.45, 7) is 5.14. The zero-order chi connectivity index (χ0) is 12.7. The first kappa shape index (κ1) is 14.4. The second kappa shape index (κ2) is 6.82. The number of carbonyl (C=O) groups is 1. The molecule has 0 aliphatic rings. The summed E-state index contributed by atoms with van der Waals surface area (Å²) in [4.78, 5) is 11.2. The van der Waals surface area contributed by atoms with Crippen molar-refractivity contribution in [1.82, 2.24) is 0 Å². The van der Waals surface area contributed by atoms with Crippen LogP contribution in [0.4, 0.5) is 10.1 Å². The Morgan fingerprint density at radius 1 is 1.44 bits per heavy atom. The van der Waals surface area contributed by atoms with Crippen LogP contribution in [0.15, 0.2) is 12.1 Å². The largest absolute Gasteiger partial charge is 0.465 e. The Kier molecular flexibility index (Phi) is 6.15. The van der Waals surface area contributed by atoms with E-state index in [2.05, 4.69) is 4.74 Å². The summed E-state index contributed by atoms with van der Waals surface area (Å²) in [6.07, 6.45) is 0. The van der Waals surface area contributed by atoms with Crippen LogP contribution in [0.1, 0.15) is 35.3 Å². The van der Waals surface area contributed by atoms with Crippen LogP contribution < -0.4 is 5.73 Å². The van der Waals surface area contributed by atoms with Gasteiger partial charge in [0.15, 0.2) is 0 Å². The molecule has 2 N–H and O–H groups in total. The molecule has 0 unspecified atom stereocenters. The minimum absolute atomic E-state index is 0.245. The van der Waals surface area contributed by atoms with Crippen molar-refractivity contribution in [3.05, 3.63) is 28.8 Å². The Labute approximate surface area is 95.4 Å². The quantitative estimate of drug-likeness (QED) is 0.624. The summed E-state index contributed by atoms with van der Waals surface area (Å²) in [5.41, 5.74) is 7.29. The number of benzene rings is 1. The van der Waals surface area contributed by atoms with Crippen LogP contribution in [0.5, 0.6) is 0 Å². The summed E-state index contributed by atoms with van der Waals surface area (Å²) < 4.78 is 16.9. The van der Waals surface area contributed by atoms with E-state index in [0.717, 1.165) is 0 Å². The molecular weight excluding hydrogens is 209 g/mol. The molecule has 0 saturated carbocycles. The van der Waals surface area contributed by atoms with E-state index < -0.39 is 12.6 Å². The third-order valence-corrected chi connectivity index (χ3v) is 2.06. The number of hydrogen-bond donors (Lipinski definition) is 1. The van der Waals surface area contributed by atoms with Crippen LogP contribution in [-0.2, 0) is 11.4 Å². The number of nitrogens with two attached hydrogens (primary N) is 1. The Morgan fingerprint density at radius 3 is 2.44 bits per heavy atom. The Hall–Kier alpha value is -1.58. The Balaban J connectivity index is 0.00000106. The fourth-order valence-electron chi connectivity index (χ4n) is 1.20. The highest BCUT2D eigenvalue weighted by molar-refractivity contribution is 5.95. The summed E-state index contributed by atoms with van der Waals surface area (Å²) in [6, 6.07) is 3.00. The van der Waals surface area contributed by atoms with E-state index in [1.54, 1.807) is 6.92 Å². The lowest BCUT2D eigenvalue weighted by Crippen LogP contribution is -2.07. The maximum Gasteiger partial charge on any atom is 0.339 e. The van der Waals surface area contributed by atoms with Gasteiger partial charge in [-0.2, -0.15) is 0 Å². The van der Waals surface area contributed by atoms with E-state index in [1.807, 2.05) is 13.8 Å². The smallest absolute Gasteiger partial charge is 0.339 e.